The zero-order chi connectivity index (χ0) is 22.9. The average Bonchev–Trinajstić information content (AvgIpc) is 3.61. The summed E-state index contributed by atoms with van der Waals surface area (Å²) in [5, 5.41) is 2.54. The molecule has 4 rings (SSSR count). The van der Waals surface area contributed by atoms with Crippen LogP contribution >= 0.6 is 0 Å². The molecule has 2 aromatic rings. The quantitative estimate of drug-likeness (QED) is 0.707. The molecule has 1 aromatic carbocycles. The molecule has 1 amide bonds. The Bertz CT molecular complexity index is 1060. The largest absolute Gasteiger partial charge is 0.412 e. The van der Waals surface area contributed by atoms with E-state index in [-0.39, 0.29) is 5.92 Å². The molecule has 1 saturated carbocycles. The number of fused-ring (bicyclic) bond motifs is 1. The number of nitrogens with zero attached hydrogens (tertiary/aromatic N) is 3. The Hall–Kier alpha value is -2.86. The van der Waals surface area contributed by atoms with Crippen LogP contribution < -0.4 is 16.0 Å². The summed E-state index contributed by atoms with van der Waals surface area (Å²) in [6.07, 6.45) is 2.04. The fraction of sp³-hybridized carbons (Fsp3) is 0.522. The lowest BCUT2D eigenvalue weighted by molar-refractivity contribution is -0.163. The third-order valence-electron chi connectivity index (χ3n) is 6.10. The minimum absolute atomic E-state index is 0.280. The van der Waals surface area contributed by atoms with Crippen LogP contribution in [0.4, 0.5) is 18.9 Å². The molecule has 2 heterocycles. The number of amides is 1. The molecule has 0 spiro atoms. The van der Waals surface area contributed by atoms with E-state index < -0.39 is 24.2 Å². The van der Waals surface area contributed by atoms with Gasteiger partial charge in [0.1, 0.15) is 11.0 Å². The number of nitrogens with two attached hydrogens (primary N) is 1. The van der Waals surface area contributed by atoms with Crippen LogP contribution in [-0.2, 0) is 4.79 Å². The zero-order valence-electron chi connectivity index (χ0n) is 17.8. The lowest BCUT2D eigenvalue weighted by Crippen LogP contribution is -2.57. The van der Waals surface area contributed by atoms with Crippen molar-refractivity contribution in [2.45, 2.75) is 50.9 Å². The zero-order valence-corrected chi connectivity index (χ0v) is 17.8. The molecule has 32 heavy (non-hydrogen) atoms. The van der Waals surface area contributed by atoms with E-state index >= 15 is 0 Å². The first kappa shape index (κ1) is 22.3. The number of anilines is 1. The van der Waals surface area contributed by atoms with Crippen LogP contribution in [0.15, 0.2) is 24.5 Å². The summed E-state index contributed by atoms with van der Waals surface area (Å²) in [4.78, 5) is 23.2. The average molecular weight is 445 g/mol. The lowest BCUT2D eigenvalue weighted by atomic mass is 9.89. The molecule has 1 aliphatic carbocycles. The van der Waals surface area contributed by atoms with E-state index in [1.165, 1.54) is 0 Å². The van der Waals surface area contributed by atoms with Crippen LogP contribution in [0.1, 0.15) is 38.2 Å². The second-order valence-corrected chi connectivity index (χ2v) is 8.50. The number of halogens is 3. The lowest BCUT2D eigenvalue weighted by Gasteiger charge is -2.40. The van der Waals surface area contributed by atoms with E-state index in [1.807, 2.05) is 19.1 Å². The minimum Gasteiger partial charge on any atom is -0.367 e. The summed E-state index contributed by atoms with van der Waals surface area (Å²) in [5.41, 5.74) is 8.14. The SMILES string of the molecule is CCC#Cc1ccc(N2CC(NC(=O)C(N)C(F)(F)F)CC(C3CC3)C2)c2nccnc12. The molecule has 9 heteroatoms. The minimum atomic E-state index is -4.77. The van der Waals surface area contributed by atoms with E-state index in [1.54, 1.807) is 12.4 Å². The molecule has 0 radical (unpaired) electrons. The molecular formula is C23H26F3N5O. The van der Waals surface area contributed by atoms with Gasteiger partial charge in [-0.25, -0.2) is 0 Å². The number of hydrogen-bond acceptors (Lipinski definition) is 5. The third-order valence-corrected chi connectivity index (χ3v) is 6.10. The Kier molecular flexibility index (Phi) is 6.24. The van der Waals surface area contributed by atoms with Crippen molar-refractivity contribution in [1.82, 2.24) is 15.3 Å². The smallest absolute Gasteiger partial charge is 0.367 e. The Labute approximate surface area is 184 Å². The molecule has 3 atom stereocenters. The number of aromatic nitrogens is 2. The Morgan fingerprint density at radius 3 is 2.59 bits per heavy atom. The summed E-state index contributed by atoms with van der Waals surface area (Å²) < 4.78 is 38.7. The molecule has 3 N–H and O–H groups in total. The first-order chi connectivity index (χ1) is 15.3. The summed E-state index contributed by atoms with van der Waals surface area (Å²) in [6.45, 7) is 3.11. The second-order valence-electron chi connectivity index (χ2n) is 8.50. The van der Waals surface area contributed by atoms with Gasteiger partial charge in [0.15, 0.2) is 6.04 Å². The summed E-state index contributed by atoms with van der Waals surface area (Å²) >= 11 is 0. The van der Waals surface area contributed by atoms with E-state index in [9.17, 15) is 18.0 Å². The normalized spacial score (nSPS) is 22.2. The van der Waals surface area contributed by atoms with Gasteiger partial charge in [-0.05, 0) is 43.2 Å². The highest BCUT2D eigenvalue weighted by Gasteiger charge is 2.44. The predicted molar refractivity (Wildman–Crippen MR) is 116 cm³/mol. The van der Waals surface area contributed by atoms with Crippen molar-refractivity contribution in [3.8, 4) is 11.8 Å². The summed E-state index contributed by atoms with van der Waals surface area (Å²) in [7, 11) is 0. The van der Waals surface area contributed by atoms with Crippen LogP contribution in [0.5, 0.6) is 0 Å². The molecule has 0 bridgehead atoms. The summed E-state index contributed by atoms with van der Waals surface area (Å²) in [5.74, 6) is 5.79. The highest BCUT2D eigenvalue weighted by Crippen LogP contribution is 2.42. The number of carbonyl (C=O) groups excluding carboxylic acids is 1. The monoisotopic (exact) mass is 445 g/mol. The van der Waals surface area contributed by atoms with Gasteiger partial charge >= 0.3 is 6.18 Å². The van der Waals surface area contributed by atoms with Gasteiger partial charge in [0, 0.05) is 37.9 Å². The van der Waals surface area contributed by atoms with Gasteiger partial charge in [0.05, 0.1) is 11.3 Å². The third kappa shape index (κ3) is 4.80. The van der Waals surface area contributed by atoms with Crippen molar-refractivity contribution >= 4 is 22.6 Å². The molecule has 6 nitrogen and oxygen atoms in total. The fourth-order valence-electron chi connectivity index (χ4n) is 4.37. The van der Waals surface area contributed by atoms with E-state index in [0.29, 0.717) is 29.9 Å². The molecule has 3 unspecified atom stereocenters. The topological polar surface area (TPSA) is 84.1 Å². The highest BCUT2D eigenvalue weighted by molar-refractivity contribution is 5.92. The number of rotatable bonds is 4. The number of nitrogens with one attached hydrogen (secondary N) is 1. The van der Waals surface area contributed by atoms with Crippen LogP contribution in [-0.4, -0.2) is 47.2 Å². The molecule has 1 aromatic heterocycles. The number of benzene rings is 1. The Balaban J connectivity index is 1.62. The predicted octanol–water partition coefficient (Wildman–Crippen LogP) is 3.00. The number of alkyl halides is 3. The molecule has 1 saturated heterocycles. The Morgan fingerprint density at radius 1 is 1.22 bits per heavy atom. The highest BCUT2D eigenvalue weighted by atomic mass is 19.4. The fourth-order valence-corrected chi connectivity index (χ4v) is 4.37. The number of hydrogen-bond donors (Lipinski definition) is 2. The van der Waals surface area contributed by atoms with E-state index in [0.717, 1.165) is 37.1 Å². The van der Waals surface area contributed by atoms with Gasteiger partial charge in [0.2, 0.25) is 5.91 Å². The van der Waals surface area contributed by atoms with Crippen molar-refractivity contribution in [3.63, 3.8) is 0 Å². The van der Waals surface area contributed by atoms with Gasteiger partial charge < -0.3 is 16.0 Å². The van der Waals surface area contributed by atoms with Gasteiger partial charge in [-0.2, -0.15) is 13.2 Å². The molecule has 2 fully saturated rings. The maximum absolute atomic E-state index is 12.9. The number of piperidine rings is 1. The van der Waals surface area contributed by atoms with Crippen LogP contribution in [0.3, 0.4) is 0 Å². The van der Waals surface area contributed by atoms with Crippen LogP contribution in [0.25, 0.3) is 11.0 Å². The van der Waals surface area contributed by atoms with Crippen molar-refractivity contribution in [1.29, 1.82) is 0 Å². The maximum atomic E-state index is 12.9. The van der Waals surface area contributed by atoms with Gasteiger partial charge in [-0.3, -0.25) is 14.8 Å². The molecular weight excluding hydrogens is 419 g/mol. The first-order valence-electron chi connectivity index (χ1n) is 10.9. The van der Waals surface area contributed by atoms with Gasteiger partial charge in [0.25, 0.3) is 0 Å². The maximum Gasteiger partial charge on any atom is 0.412 e. The first-order valence-corrected chi connectivity index (χ1v) is 10.9. The molecule has 2 aliphatic rings. The van der Waals surface area contributed by atoms with E-state index in [2.05, 4.69) is 32.0 Å². The second kappa shape index (κ2) is 8.94. The van der Waals surface area contributed by atoms with Crippen molar-refractivity contribution in [2.24, 2.45) is 17.6 Å². The number of carbonyl (C=O) groups is 1. The standard InChI is InChI=1S/C23H26F3N5O/c1-2-3-4-15-7-8-18(20-19(15)28-9-10-29-20)31-12-16(14-5-6-14)11-17(13-31)30-22(32)21(27)23(24,25)26/h7-10,14,16-17,21H,2,5-6,11-13,27H2,1H3,(H,30,32). The van der Waals surface area contributed by atoms with Gasteiger partial charge in [-0.1, -0.05) is 18.8 Å². The summed E-state index contributed by atoms with van der Waals surface area (Å²) in [6, 6.07) is 0.886. The van der Waals surface area contributed by atoms with E-state index in [4.69, 9.17) is 5.73 Å². The van der Waals surface area contributed by atoms with Crippen LogP contribution in [0, 0.1) is 23.7 Å². The molecule has 170 valence electrons. The van der Waals surface area contributed by atoms with Gasteiger partial charge in [-0.15, -0.1) is 0 Å². The van der Waals surface area contributed by atoms with Crippen molar-refractivity contribution in [2.75, 3.05) is 18.0 Å². The van der Waals surface area contributed by atoms with Crippen molar-refractivity contribution < 1.29 is 18.0 Å². The van der Waals surface area contributed by atoms with Crippen LogP contribution in [0.2, 0.25) is 0 Å². The van der Waals surface area contributed by atoms with Crippen molar-refractivity contribution in [3.05, 3.63) is 30.1 Å². The Morgan fingerprint density at radius 2 is 1.94 bits per heavy atom. The molecule has 1 aliphatic heterocycles.